The van der Waals surface area contributed by atoms with Crippen molar-refractivity contribution in [2.75, 3.05) is 0 Å². The second kappa shape index (κ2) is 4.80. The summed E-state index contributed by atoms with van der Waals surface area (Å²) >= 11 is 0. The molecule has 0 nitrogen and oxygen atoms in total. The Morgan fingerprint density at radius 2 is 1.86 bits per heavy atom. The lowest BCUT2D eigenvalue weighted by Gasteiger charge is -2.28. The Kier molecular flexibility index (Phi) is 3.70. The highest BCUT2D eigenvalue weighted by molar-refractivity contribution is 5.30. The molecule has 0 aromatic heterocycles. The van der Waals surface area contributed by atoms with Crippen LogP contribution >= 0.6 is 0 Å². The van der Waals surface area contributed by atoms with Crippen LogP contribution in [0.4, 0.5) is 0 Å². The average Bonchev–Trinajstić information content (AvgIpc) is 2.27. The smallest absolute Gasteiger partial charge is 0.0161 e. The Balaban J connectivity index is 3.09. The fraction of sp³-hybridized carbons (Fsp3) is 0.286. The van der Waals surface area contributed by atoms with Crippen LogP contribution in [0.5, 0.6) is 0 Å². The molecule has 1 atom stereocenters. The summed E-state index contributed by atoms with van der Waals surface area (Å²) in [5.74, 6) is 0. The summed E-state index contributed by atoms with van der Waals surface area (Å²) in [5, 5.41) is 0. The molecule has 0 unspecified atom stereocenters. The monoisotopic (exact) mass is 186 g/mol. The molecule has 0 fully saturated rings. The first-order chi connectivity index (χ1) is 6.79. The highest BCUT2D eigenvalue weighted by Crippen LogP contribution is 2.32. The first-order valence-electron chi connectivity index (χ1n) is 5.09. The second-order valence-corrected chi connectivity index (χ2v) is 3.57. The highest BCUT2D eigenvalue weighted by atomic mass is 14.3. The molecule has 14 heavy (non-hydrogen) atoms. The van der Waals surface area contributed by atoms with Crippen LogP contribution in [0.25, 0.3) is 0 Å². The molecule has 0 radical (unpaired) electrons. The zero-order valence-corrected chi connectivity index (χ0v) is 8.87. The quantitative estimate of drug-likeness (QED) is 0.607. The molecule has 0 amide bonds. The molecule has 0 bridgehead atoms. The topological polar surface area (TPSA) is 0 Å². The van der Waals surface area contributed by atoms with E-state index in [1.54, 1.807) is 0 Å². The van der Waals surface area contributed by atoms with Gasteiger partial charge in [-0.1, -0.05) is 49.4 Å². The minimum Gasteiger partial charge on any atom is -0.103 e. The molecule has 1 rings (SSSR count). The maximum Gasteiger partial charge on any atom is 0.0161 e. The molecule has 0 heteroatoms. The van der Waals surface area contributed by atoms with Crippen LogP contribution in [0.2, 0.25) is 0 Å². The predicted molar refractivity (Wildman–Crippen MR) is 63.4 cm³/mol. The predicted octanol–water partition coefficient (Wildman–Crippen LogP) is 4.10. The van der Waals surface area contributed by atoms with Crippen molar-refractivity contribution >= 4 is 0 Å². The van der Waals surface area contributed by atoms with Crippen molar-refractivity contribution in [3.63, 3.8) is 0 Å². The van der Waals surface area contributed by atoms with Gasteiger partial charge in [0.2, 0.25) is 0 Å². The van der Waals surface area contributed by atoms with Crippen molar-refractivity contribution in [3.8, 4) is 0 Å². The van der Waals surface area contributed by atoms with Crippen molar-refractivity contribution in [2.45, 2.75) is 25.2 Å². The second-order valence-electron chi connectivity index (χ2n) is 3.57. The average molecular weight is 186 g/mol. The van der Waals surface area contributed by atoms with E-state index in [9.17, 15) is 0 Å². The molecule has 0 heterocycles. The molecule has 0 saturated carbocycles. The largest absolute Gasteiger partial charge is 0.103 e. The Hall–Kier alpha value is -1.30. The van der Waals surface area contributed by atoms with Gasteiger partial charge in [0, 0.05) is 5.41 Å². The lowest BCUT2D eigenvalue weighted by molar-refractivity contribution is 0.524. The minimum atomic E-state index is 0.0724. The van der Waals surface area contributed by atoms with E-state index >= 15 is 0 Å². The Morgan fingerprint density at radius 3 is 2.29 bits per heavy atom. The van der Waals surface area contributed by atoms with Gasteiger partial charge >= 0.3 is 0 Å². The van der Waals surface area contributed by atoms with Crippen LogP contribution in [0.15, 0.2) is 55.6 Å². The normalized spacial score (nSPS) is 14.4. The van der Waals surface area contributed by atoms with Gasteiger partial charge < -0.3 is 0 Å². The van der Waals surface area contributed by atoms with Crippen molar-refractivity contribution in [1.82, 2.24) is 0 Å². The Morgan fingerprint density at radius 1 is 1.21 bits per heavy atom. The van der Waals surface area contributed by atoms with E-state index in [4.69, 9.17) is 0 Å². The van der Waals surface area contributed by atoms with Gasteiger partial charge in [-0.25, -0.2) is 0 Å². The van der Waals surface area contributed by atoms with E-state index in [1.165, 1.54) is 5.56 Å². The molecule has 1 aromatic carbocycles. The Bertz CT molecular complexity index is 297. The lowest BCUT2D eigenvalue weighted by atomic mass is 9.75. The molecule has 0 N–H and O–H groups in total. The highest BCUT2D eigenvalue weighted by Gasteiger charge is 2.24. The van der Waals surface area contributed by atoms with Crippen LogP contribution in [-0.4, -0.2) is 0 Å². The van der Waals surface area contributed by atoms with Gasteiger partial charge in [0.25, 0.3) is 0 Å². The summed E-state index contributed by atoms with van der Waals surface area (Å²) in [4.78, 5) is 0. The fourth-order valence-electron chi connectivity index (χ4n) is 1.84. The maximum absolute atomic E-state index is 3.95. The molecule has 0 aliphatic rings. The number of hydrogen-bond acceptors (Lipinski definition) is 0. The summed E-state index contributed by atoms with van der Waals surface area (Å²) < 4.78 is 0. The van der Waals surface area contributed by atoms with E-state index in [1.807, 2.05) is 18.2 Å². The first kappa shape index (κ1) is 10.8. The van der Waals surface area contributed by atoms with Gasteiger partial charge in [-0.15, -0.1) is 13.2 Å². The maximum atomic E-state index is 3.95. The van der Waals surface area contributed by atoms with Crippen molar-refractivity contribution in [3.05, 3.63) is 61.2 Å². The van der Waals surface area contributed by atoms with Crippen LogP contribution in [0, 0.1) is 0 Å². The van der Waals surface area contributed by atoms with Crippen molar-refractivity contribution in [2.24, 2.45) is 0 Å². The third kappa shape index (κ3) is 1.95. The SMILES string of the molecule is C=CC[C@](C=C)(CC)c1ccccc1. The molecule has 74 valence electrons. The van der Waals surface area contributed by atoms with Crippen molar-refractivity contribution in [1.29, 1.82) is 0 Å². The lowest BCUT2D eigenvalue weighted by Crippen LogP contribution is -2.21. The zero-order valence-electron chi connectivity index (χ0n) is 8.87. The fourth-order valence-corrected chi connectivity index (χ4v) is 1.84. The number of rotatable bonds is 5. The number of allylic oxidation sites excluding steroid dienone is 2. The molecule has 0 spiro atoms. The van der Waals surface area contributed by atoms with Gasteiger partial charge in [-0.3, -0.25) is 0 Å². The molecule has 0 aliphatic carbocycles. The summed E-state index contributed by atoms with van der Waals surface area (Å²) in [6.45, 7) is 9.96. The molecular formula is C14H18. The molecular weight excluding hydrogens is 168 g/mol. The van der Waals surface area contributed by atoms with Crippen LogP contribution in [0.3, 0.4) is 0 Å². The van der Waals surface area contributed by atoms with E-state index in [-0.39, 0.29) is 5.41 Å². The summed E-state index contributed by atoms with van der Waals surface area (Å²) in [6.07, 6.45) is 6.03. The minimum absolute atomic E-state index is 0.0724. The van der Waals surface area contributed by atoms with E-state index in [2.05, 4.69) is 44.3 Å². The van der Waals surface area contributed by atoms with Crippen LogP contribution in [0.1, 0.15) is 25.3 Å². The third-order valence-electron chi connectivity index (χ3n) is 2.88. The Labute approximate surface area is 87.0 Å². The summed E-state index contributed by atoms with van der Waals surface area (Å²) in [6, 6.07) is 10.5. The standard InChI is InChI=1S/C14H18/c1-4-12-14(5-2,6-3)13-10-8-7-9-11-13/h4-5,7-11H,1-2,6,12H2,3H3/t14-/m0/s1. The third-order valence-corrected chi connectivity index (χ3v) is 2.88. The van der Waals surface area contributed by atoms with Crippen LogP contribution in [-0.2, 0) is 5.41 Å². The van der Waals surface area contributed by atoms with Crippen LogP contribution < -0.4 is 0 Å². The van der Waals surface area contributed by atoms with Gasteiger partial charge in [0.05, 0.1) is 0 Å². The zero-order chi connectivity index (χ0) is 10.4. The van der Waals surface area contributed by atoms with Gasteiger partial charge in [-0.2, -0.15) is 0 Å². The molecule has 1 aromatic rings. The number of benzene rings is 1. The van der Waals surface area contributed by atoms with E-state index < -0.39 is 0 Å². The first-order valence-corrected chi connectivity index (χ1v) is 5.09. The summed E-state index contributed by atoms with van der Waals surface area (Å²) in [5.41, 5.74) is 1.40. The van der Waals surface area contributed by atoms with Gasteiger partial charge in [0.1, 0.15) is 0 Å². The van der Waals surface area contributed by atoms with E-state index in [0.29, 0.717) is 0 Å². The van der Waals surface area contributed by atoms with Crippen molar-refractivity contribution < 1.29 is 0 Å². The molecule has 0 saturated heterocycles. The van der Waals surface area contributed by atoms with Gasteiger partial charge in [-0.05, 0) is 18.4 Å². The van der Waals surface area contributed by atoms with Gasteiger partial charge in [0.15, 0.2) is 0 Å². The number of hydrogen-bond donors (Lipinski definition) is 0. The summed E-state index contributed by atoms with van der Waals surface area (Å²) in [7, 11) is 0. The molecule has 0 aliphatic heterocycles. The van der Waals surface area contributed by atoms with E-state index in [0.717, 1.165) is 12.8 Å².